The number of aromatic nitrogens is 1. The molecule has 2 aromatic rings. The molecule has 0 fully saturated rings. The third-order valence-electron chi connectivity index (χ3n) is 2.67. The first-order valence-corrected chi connectivity index (χ1v) is 6.46. The van der Waals surface area contributed by atoms with Crippen molar-refractivity contribution in [2.24, 2.45) is 0 Å². The van der Waals surface area contributed by atoms with Crippen molar-refractivity contribution >= 4 is 23.0 Å². The van der Waals surface area contributed by atoms with Crippen LogP contribution in [0.2, 0.25) is 0 Å². The fourth-order valence-corrected chi connectivity index (χ4v) is 2.46. The highest BCUT2D eigenvalue weighted by molar-refractivity contribution is 7.09. The monoisotopic (exact) mass is 280 g/mol. The van der Waals surface area contributed by atoms with E-state index in [1.807, 2.05) is 0 Å². The number of ether oxygens (including phenoxy) is 1. The second kappa shape index (κ2) is 5.36. The number of rotatable bonds is 4. The molecule has 1 atom stereocenters. The molecule has 0 saturated heterocycles. The van der Waals surface area contributed by atoms with E-state index < -0.39 is 11.5 Å². The Morgan fingerprint density at radius 1 is 1.53 bits per heavy atom. The summed E-state index contributed by atoms with van der Waals surface area (Å²) in [5.74, 6) is -0.858. The van der Waals surface area contributed by atoms with Crippen molar-refractivity contribution < 1.29 is 13.9 Å². The molecule has 0 radical (unpaired) electrons. The van der Waals surface area contributed by atoms with E-state index in [9.17, 15) is 9.18 Å². The van der Waals surface area contributed by atoms with Gasteiger partial charge in [0, 0.05) is 17.3 Å². The lowest BCUT2D eigenvalue weighted by Gasteiger charge is -2.26. The molecule has 1 unspecified atom stereocenters. The Morgan fingerprint density at radius 3 is 2.89 bits per heavy atom. The molecule has 0 amide bonds. The summed E-state index contributed by atoms with van der Waals surface area (Å²) >= 11 is 1.33. The van der Waals surface area contributed by atoms with E-state index in [1.165, 1.54) is 30.6 Å². The first-order chi connectivity index (χ1) is 9.06. The molecule has 1 N–H and O–H groups in total. The van der Waals surface area contributed by atoms with Gasteiger partial charge >= 0.3 is 5.97 Å². The van der Waals surface area contributed by atoms with E-state index in [4.69, 9.17) is 4.74 Å². The SMILES string of the molecule is COC(=O)C(C)(Nc1cccc(F)c1)c1nccs1. The first kappa shape index (κ1) is 13.5. The topological polar surface area (TPSA) is 51.2 Å². The highest BCUT2D eigenvalue weighted by atomic mass is 32.1. The zero-order valence-corrected chi connectivity index (χ0v) is 11.3. The molecule has 0 aliphatic heterocycles. The predicted molar refractivity (Wildman–Crippen MR) is 71.5 cm³/mol. The minimum atomic E-state index is -1.14. The van der Waals surface area contributed by atoms with Gasteiger partial charge in [0.25, 0.3) is 0 Å². The minimum Gasteiger partial charge on any atom is -0.467 e. The molecular weight excluding hydrogens is 267 g/mol. The first-order valence-electron chi connectivity index (χ1n) is 5.58. The lowest BCUT2D eigenvalue weighted by Crippen LogP contribution is -2.41. The molecule has 0 aliphatic rings. The molecule has 1 heterocycles. The third kappa shape index (κ3) is 2.73. The van der Waals surface area contributed by atoms with Gasteiger partial charge in [-0.1, -0.05) is 6.07 Å². The summed E-state index contributed by atoms with van der Waals surface area (Å²) in [5, 5.41) is 5.31. The van der Waals surface area contributed by atoms with E-state index in [0.29, 0.717) is 10.7 Å². The molecule has 4 nitrogen and oxygen atoms in total. The van der Waals surface area contributed by atoms with Crippen LogP contribution >= 0.6 is 11.3 Å². The Kier molecular flexibility index (Phi) is 3.80. The molecule has 19 heavy (non-hydrogen) atoms. The number of benzene rings is 1. The highest BCUT2D eigenvalue weighted by Gasteiger charge is 2.39. The van der Waals surface area contributed by atoms with Gasteiger partial charge in [-0.05, 0) is 25.1 Å². The van der Waals surface area contributed by atoms with E-state index in [1.54, 1.807) is 30.6 Å². The number of thiazole rings is 1. The third-order valence-corrected chi connectivity index (χ3v) is 3.67. The van der Waals surface area contributed by atoms with Crippen LogP contribution in [-0.2, 0) is 15.1 Å². The molecule has 0 aliphatic carbocycles. The predicted octanol–water partition coefficient (Wildman–Crippen LogP) is 2.78. The maximum atomic E-state index is 13.2. The smallest absolute Gasteiger partial charge is 0.338 e. The Labute approximate surface area is 114 Å². The summed E-state index contributed by atoms with van der Waals surface area (Å²) in [7, 11) is 1.31. The number of hydrogen-bond donors (Lipinski definition) is 1. The second-order valence-corrected chi connectivity index (χ2v) is 4.98. The van der Waals surface area contributed by atoms with Crippen LogP contribution < -0.4 is 5.32 Å². The van der Waals surface area contributed by atoms with E-state index in [2.05, 4.69) is 10.3 Å². The van der Waals surface area contributed by atoms with Crippen LogP contribution in [0.4, 0.5) is 10.1 Å². The maximum Gasteiger partial charge on any atom is 0.338 e. The number of hydrogen-bond acceptors (Lipinski definition) is 5. The van der Waals surface area contributed by atoms with Crippen LogP contribution in [0.5, 0.6) is 0 Å². The summed E-state index contributed by atoms with van der Waals surface area (Å²) in [5.41, 5.74) is -0.653. The largest absolute Gasteiger partial charge is 0.467 e. The highest BCUT2D eigenvalue weighted by Crippen LogP contribution is 2.29. The van der Waals surface area contributed by atoms with Crippen molar-refractivity contribution in [3.8, 4) is 0 Å². The van der Waals surface area contributed by atoms with Gasteiger partial charge < -0.3 is 10.1 Å². The second-order valence-electron chi connectivity index (χ2n) is 4.09. The Balaban J connectivity index is 2.37. The number of carbonyl (C=O) groups is 1. The average molecular weight is 280 g/mol. The van der Waals surface area contributed by atoms with Crippen LogP contribution in [0.1, 0.15) is 11.9 Å². The summed E-state index contributed by atoms with van der Waals surface area (Å²) in [4.78, 5) is 16.1. The summed E-state index contributed by atoms with van der Waals surface area (Å²) in [6.45, 7) is 1.66. The zero-order chi connectivity index (χ0) is 13.9. The molecule has 0 spiro atoms. The fraction of sp³-hybridized carbons (Fsp3) is 0.231. The number of nitrogens with one attached hydrogen (secondary N) is 1. The fourth-order valence-electron chi connectivity index (χ4n) is 1.72. The number of methoxy groups -OCH3 is 1. The van der Waals surface area contributed by atoms with Gasteiger partial charge in [0.2, 0.25) is 0 Å². The van der Waals surface area contributed by atoms with Gasteiger partial charge in [-0.2, -0.15) is 0 Å². The van der Waals surface area contributed by atoms with Gasteiger partial charge in [0.05, 0.1) is 7.11 Å². The lowest BCUT2D eigenvalue weighted by molar-refractivity contribution is -0.145. The molecular formula is C13H13FN2O2S. The van der Waals surface area contributed by atoms with Gasteiger partial charge in [0.1, 0.15) is 10.8 Å². The number of halogens is 1. The Morgan fingerprint density at radius 2 is 2.32 bits per heavy atom. The average Bonchev–Trinajstić information content (AvgIpc) is 2.92. The van der Waals surface area contributed by atoms with Crippen molar-refractivity contribution in [3.05, 3.63) is 46.7 Å². The maximum absolute atomic E-state index is 13.2. The standard InChI is InChI=1S/C13H13FN2O2S/c1-13(12(17)18-2,11-15-6-7-19-11)16-10-5-3-4-9(14)8-10/h3-8,16H,1-2H3. The van der Waals surface area contributed by atoms with Crippen LogP contribution in [0.25, 0.3) is 0 Å². The van der Waals surface area contributed by atoms with Gasteiger partial charge in [0.15, 0.2) is 5.54 Å². The van der Waals surface area contributed by atoms with Crippen molar-refractivity contribution in [1.29, 1.82) is 0 Å². The number of carbonyl (C=O) groups excluding carboxylic acids is 1. The van der Waals surface area contributed by atoms with Crippen molar-refractivity contribution in [1.82, 2.24) is 4.98 Å². The Bertz CT molecular complexity index is 574. The van der Waals surface area contributed by atoms with Gasteiger partial charge in [-0.25, -0.2) is 14.2 Å². The normalized spacial score (nSPS) is 13.6. The summed E-state index contributed by atoms with van der Waals surface area (Å²) in [6, 6.07) is 5.90. The molecule has 1 aromatic heterocycles. The summed E-state index contributed by atoms with van der Waals surface area (Å²) < 4.78 is 18.0. The molecule has 0 saturated carbocycles. The van der Waals surface area contributed by atoms with Gasteiger partial charge in [-0.3, -0.25) is 0 Å². The lowest BCUT2D eigenvalue weighted by atomic mass is 10.0. The number of nitrogens with zero attached hydrogens (tertiary/aromatic N) is 1. The summed E-state index contributed by atoms with van der Waals surface area (Å²) in [6.07, 6.45) is 1.61. The van der Waals surface area contributed by atoms with E-state index >= 15 is 0 Å². The van der Waals surface area contributed by atoms with Gasteiger partial charge in [-0.15, -0.1) is 11.3 Å². The molecule has 1 aromatic carbocycles. The van der Waals surface area contributed by atoms with Crippen molar-refractivity contribution in [3.63, 3.8) is 0 Å². The number of esters is 1. The Hall–Kier alpha value is -1.95. The molecule has 100 valence electrons. The van der Waals surface area contributed by atoms with Crippen molar-refractivity contribution in [2.75, 3.05) is 12.4 Å². The minimum absolute atomic E-state index is 0.378. The molecule has 6 heteroatoms. The van der Waals surface area contributed by atoms with Crippen LogP contribution in [0.3, 0.4) is 0 Å². The van der Waals surface area contributed by atoms with Crippen molar-refractivity contribution in [2.45, 2.75) is 12.5 Å². The zero-order valence-electron chi connectivity index (χ0n) is 10.5. The quantitative estimate of drug-likeness (QED) is 0.875. The van der Waals surface area contributed by atoms with E-state index in [-0.39, 0.29) is 5.82 Å². The van der Waals surface area contributed by atoms with Crippen LogP contribution in [0, 0.1) is 5.82 Å². The van der Waals surface area contributed by atoms with Crippen LogP contribution in [-0.4, -0.2) is 18.1 Å². The molecule has 2 rings (SSSR count). The van der Waals surface area contributed by atoms with E-state index in [0.717, 1.165) is 0 Å². The molecule has 0 bridgehead atoms. The van der Waals surface area contributed by atoms with Crippen LogP contribution in [0.15, 0.2) is 35.8 Å². The number of anilines is 1.